The second-order valence-corrected chi connectivity index (χ2v) is 13.2. The van der Waals surface area contributed by atoms with Gasteiger partial charge in [0.25, 0.3) is 0 Å². The molecule has 2 rings (SSSR count). The second kappa shape index (κ2) is 8.55. The van der Waals surface area contributed by atoms with E-state index in [-0.39, 0.29) is 11.8 Å². The lowest BCUT2D eigenvalue weighted by molar-refractivity contribution is 0.0516. The van der Waals surface area contributed by atoms with E-state index in [1.54, 1.807) is 7.11 Å². The molecule has 0 saturated carbocycles. The van der Waals surface area contributed by atoms with Crippen LogP contribution in [-0.2, 0) is 22.2 Å². The van der Waals surface area contributed by atoms with Crippen molar-refractivity contribution < 1.29 is 18.7 Å². The van der Waals surface area contributed by atoms with Crippen LogP contribution in [0.2, 0.25) is 18.1 Å². The Hall–Kier alpha value is -1.69. The van der Waals surface area contributed by atoms with E-state index >= 15 is 0 Å². The Bertz CT molecular complexity index is 806. The Kier molecular flexibility index (Phi) is 6.84. The van der Waals surface area contributed by atoms with Crippen molar-refractivity contribution in [1.29, 1.82) is 0 Å². The Morgan fingerprint density at radius 1 is 1.15 bits per heavy atom. The quantitative estimate of drug-likeness (QED) is 0.330. The number of carbonyl (C=O) groups is 1. The molecule has 27 heavy (non-hydrogen) atoms. The predicted octanol–water partition coefficient (Wildman–Crippen LogP) is 5.72. The fourth-order valence-corrected chi connectivity index (χ4v) is 3.81. The van der Waals surface area contributed by atoms with Gasteiger partial charge in [-0.25, -0.2) is 0 Å². The van der Waals surface area contributed by atoms with Gasteiger partial charge in [-0.1, -0.05) is 45.9 Å². The van der Waals surface area contributed by atoms with Crippen LogP contribution in [-0.4, -0.2) is 28.5 Å². The Morgan fingerprint density at radius 2 is 1.85 bits per heavy atom. The minimum absolute atomic E-state index is 0.105. The van der Waals surface area contributed by atoms with E-state index in [2.05, 4.69) is 59.0 Å². The maximum absolute atomic E-state index is 11.8. The minimum Gasteiger partial charge on any atom is -0.466 e. The van der Waals surface area contributed by atoms with Crippen molar-refractivity contribution in [3.05, 3.63) is 41.0 Å². The highest BCUT2D eigenvalue weighted by Crippen LogP contribution is 2.39. The number of hydrogen-bond acceptors (Lipinski definition) is 4. The largest absolute Gasteiger partial charge is 0.466 e. The third kappa shape index (κ3) is 4.59. The lowest BCUT2D eigenvalue weighted by Crippen LogP contribution is -2.40. The van der Waals surface area contributed by atoms with Crippen LogP contribution >= 0.6 is 0 Å². The van der Waals surface area contributed by atoms with Gasteiger partial charge < -0.3 is 13.9 Å². The molecule has 4 nitrogen and oxygen atoms in total. The summed E-state index contributed by atoms with van der Waals surface area (Å²) in [4.78, 5) is 11.8. The molecule has 0 atom stereocenters. The molecule has 0 fully saturated rings. The van der Waals surface area contributed by atoms with Gasteiger partial charge in [-0.3, -0.25) is 4.79 Å². The number of rotatable bonds is 8. The summed E-state index contributed by atoms with van der Waals surface area (Å²) in [5.41, 5.74) is 2.71. The lowest BCUT2D eigenvalue weighted by atomic mass is 9.95. The summed E-state index contributed by atoms with van der Waals surface area (Å²) in [7, 11) is -0.324. The Labute approximate surface area is 163 Å². The molecule has 0 aliphatic rings. The monoisotopic (exact) mass is 388 g/mol. The van der Waals surface area contributed by atoms with Crippen molar-refractivity contribution in [3.8, 4) is 5.75 Å². The SMILES string of the molecule is CCc1cccc2c(CO[Si](C)(C)C(C)(C)C)cc(C=O)c(OCOC)c12. The first-order chi connectivity index (χ1) is 12.7. The molecule has 2 aromatic carbocycles. The van der Waals surface area contributed by atoms with Crippen molar-refractivity contribution in [2.24, 2.45) is 0 Å². The number of hydrogen-bond donors (Lipinski definition) is 0. The molecule has 0 unspecified atom stereocenters. The van der Waals surface area contributed by atoms with Gasteiger partial charge in [0.15, 0.2) is 21.4 Å². The summed E-state index contributed by atoms with van der Waals surface area (Å²) in [6.45, 7) is 13.9. The zero-order chi connectivity index (χ0) is 20.2. The van der Waals surface area contributed by atoms with E-state index in [4.69, 9.17) is 13.9 Å². The van der Waals surface area contributed by atoms with E-state index < -0.39 is 8.32 Å². The molecule has 2 aromatic rings. The van der Waals surface area contributed by atoms with Crippen LogP contribution in [0.15, 0.2) is 24.3 Å². The average molecular weight is 389 g/mol. The Balaban J connectivity index is 2.59. The highest BCUT2D eigenvalue weighted by molar-refractivity contribution is 6.74. The summed E-state index contributed by atoms with van der Waals surface area (Å²) < 4.78 is 17.3. The molecule has 0 amide bonds. The molecule has 0 aliphatic carbocycles. The molecule has 0 spiro atoms. The molecular formula is C22H32O4Si. The van der Waals surface area contributed by atoms with Gasteiger partial charge in [-0.2, -0.15) is 0 Å². The first-order valence-electron chi connectivity index (χ1n) is 9.44. The standard InChI is InChI=1S/C22H32O4Si/c1-8-16-10-9-11-19-18(14-26-27(6,7)22(2,3)4)12-17(13-23)21(20(16)19)25-15-24-5/h9-13H,8,14-15H2,1-7H3. The first kappa shape index (κ1) is 21.6. The topological polar surface area (TPSA) is 44.8 Å². The summed E-state index contributed by atoms with van der Waals surface area (Å²) in [5, 5.41) is 2.19. The minimum atomic E-state index is -1.90. The average Bonchev–Trinajstić information content (AvgIpc) is 2.63. The van der Waals surface area contributed by atoms with Gasteiger partial charge in [-0.05, 0) is 47.1 Å². The summed E-state index contributed by atoms with van der Waals surface area (Å²) in [5.74, 6) is 0.593. The number of methoxy groups -OCH3 is 1. The molecule has 0 aromatic heterocycles. The van der Waals surface area contributed by atoms with E-state index in [1.165, 1.54) is 0 Å². The third-order valence-corrected chi connectivity index (χ3v) is 10.0. The fraction of sp³-hybridized carbons (Fsp3) is 0.500. The van der Waals surface area contributed by atoms with E-state index in [0.717, 1.165) is 34.6 Å². The number of aldehydes is 1. The smallest absolute Gasteiger partial charge is 0.192 e. The van der Waals surface area contributed by atoms with Gasteiger partial charge in [0.2, 0.25) is 0 Å². The highest BCUT2D eigenvalue weighted by atomic mass is 28.4. The molecular weight excluding hydrogens is 356 g/mol. The number of benzene rings is 2. The van der Waals surface area contributed by atoms with Crippen LogP contribution in [0.1, 0.15) is 49.2 Å². The molecule has 0 radical (unpaired) electrons. The van der Waals surface area contributed by atoms with Crippen LogP contribution in [0.5, 0.6) is 5.75 Å². The molecule has 0 saturated heterocycles. The zero-order valence-corrected chi connectivity index (χ0v) is 18.6. The molecule has 0 bridgehead atoms. The fourth-order valence-electron chi connectivity index (χ4n) is 2.86. The Morgan fingerprint density at radius 3 is 2.41 bits per heavy atom. The van der Waals surface area contributed by atoms with Gasteiger partial charge in [0.1, 0.15) is 5.75 Å². The summed E-state index contributed by atoms with van der Waals surface area (Å²) in [6.07, 6.45) is 1.71. The van der Waals surface area contributed by atoms with E-state index in [1.807, 2.05) is 6.07 Å². The second-order valence-electron chi connectivity index (χ2n) is 8.36. The third-order valence-electron chi connectivity index (χ3n) is 5.54. The van der Waals surface area contributed by atoms with Crippen molar-refractivity contribution in [1.82, 2.24) is 0 Å². The van der Waals surface area contributed by atoms with Gasteiger partial charge in [-0.15, -0.1) is 0 Å². The molecule has 0 aliphatic heterocycles. The zero-order valence-electron chi connectivity index (χ0n) is 17.6. The van der Waals surface area contributed by atoms with E-state index in [9.17, 15) is 4.79 Å². The number of carbonyl (C=O) groups excluding carboxylic acids is 1. The maximum atomic E-state index is 11.8. The predicted molar refractivity (Wildman–Crippen MR) is 113 cm³/mol. The first-order valence-corrected chi connectivity index (χ1v) is 12.4. The number of aryl methyl sites for hydroxylation is 1. The maximum Gasteiger partial charge on any atom is 0.192 e. The highest BCUT2D eigenvalue weighted by Gasteiger charge is 2.37. The van der Waals surface area contributed by atoms with Crippen LogP contribution < -0.4 is 4.74 Å². The molecule has 0 heterocycles. The van der Waals surface area contributed by atoms with Crippen molar-refractivity contribution >= 4 is 25.4 Å². The van der Waals surface area contributed by atoms with Crippen molar-refractivity contribution in [2.45, 2.75) is 58.9 Å². The van der Waals surface area contributed by atoms with Crippen LogP contribution in [0.25, 0.3) is 10.8 Å². The van der Waals surface area contributed by atoms with Crippen molar-refractivity contribution in [3.63, 3.8) is 0 Å². The van der Waals surface area contributed by atoms with Crippen molar-refractivity contribution in [2.75, 3.05) is 13.9 Å². The molecule has 148 valence electrons. The van der Waals surface area contributed by atoms with Gasteiger partial charge in [0.05, 0.1) is 12.2 Å². The van der Waals surface area contributed by atoms with Gasteiger partial charge >= 0.3 is 0 Å². The molecule has 0 N–H and O–H groups in total. The van der Waals surface area contributed by atoms with Crippen LogP contribution in [0.4, 0.5) is 0 Å². The summed E-state index contributed by atoms with van der Waals surface area (Å²) in [6, 6.07) is 8.10. The van der Waals surface area contributed by atoms with E-state index in [0.29, 0.717) is 17.9 Å². The lowest BCUT2D eigenvalue weighted by Gasteiger charge is -2.36. The summed E-state index contributed by atoms with van der Waals surface area (Å²) >= 11 is 0. The number of fused-ring (bicyclic) bond motifs is 1. The van der Waals surface area contributed by atoms with Crippen LogP contribution in [0.3, 0.4) is 0 Å². The molecule has 5 heteroatoms. The normalized spacial score (nSPS) is 12.4. The number of ether oxygens (including phenoxy) is 2. The van der Waals surface area contributed by atoms with Crippen LogP contribution in [0, 0.1) is 0 Å². The van der Waals surface area contributed by atoms with Gasteiger partial charge in [0, 0.05) is 12.5 Å².